The molecule has 0 spiro atoms. The number of carbonyl (C=O) groups is 1. The van der Waals surface area contributed by atoms with Crippen molar-refractivity contribution in [3.05, 3.63) is 38.1 Å². The Bertz CT molecular complexity index is 765. The largest absolute Gasteiger partial charge is 0.491 e. The van der Waals surface area contributed by atoms with Gasteiger partial charge < -0.3 is 14.3 Å². The van der Waals surface area contributed by atoms with E-state index >= 15 is 0 Å². The van der Waals surface area contributed by atoms with Gasteiger partial charge in [0.25, 0.3) is 5.56 Å². The number of thioether (sulfide) groups is 1. The molecule has 0 aromatic carbocycles. The van der Waals surface area contributed by atoms with Gasteiger partial charge in [-0.3, -0.25) is 14.6 Å². The number of rotatable bonds is 4. The van der Waals surface area contributed by atoms with E-state index in [0.717, 1.165) is 11.8 Å². The van der Waals surface area contributed by atoms with Crippen molar-refractivity contribution in [2.75, 3.05) is 5.75 Å². The molecule has 0 radical (unpaired) electrons. The van der Waals surface area contributed by atoms with Crippen molar-refractivity contribution in [2.45, 2.75) is 45.8 Å². The van der Waals surface area contributed by atoms with Crippen LogP contribution in [0.1, 0.15) is 40.2 Å². The van der Waals surface area contributed by atoms with Crippen LogP contribution in [-0.4, -0.2) is 39.2 Å². The van der Waals surface area contributed by atoms with Crippen LogP contribution in [0.3, 0.4) is 0 Å². The Balaban J connectivity index is 2.38. The fourth-order valence-corrected chi connectivity index (χ4v) is 2.67. The second-order valence-electron chi connectivity index (χ2n) is 6.62. The summed E-state index contributed by atoms with van der Waals surface area (Å²) in [5, 5.41) is -0.0483. The third-order valence-corrected chi connectivity index (χ3v) is 5.07. The molecule has 130 valence electrons. The van der Waals surface area contributed by atoms with Crippen LogP contribution >= 0.6 is 11.8 Å². The van der Waals surface area contributed by atoms with Crippen LogP contribution in [0.2, 0.25) is 0 Å². The van der Waals surface area contributed by atoms with E-state index < -0.39 is 29.6 Å². The SMILES string of the molecule is CC(=O)SCC(=Cc1c[nH]c(=O)[nH]c1=O)B1OC(C)(C)C(C)(C)O1. The van der Waals surface area contributed by atoms with Crippen LogP contribution in [0.4, 0.5) is 0 Å². The zero-order valence-electron chi connectivity index (χ0n) is 14.4. The van der Waals surface area contributed by atoms with Gasteiger partial charge >= 0.3 is 12.8 Å². The molecule has 0 amide bonds. The van der Waals surface area contributed by atoms with E-state index in [1.165, 1.54) is 13.1 Å². The van der Waals surface area contributed by atoms with Gasteiger partial charge in [-0.25, -0.2) is 4.79 Å². The summed E-state index contributed by atoms with van der Waals surface area (Å²) in [5.41, 5.74) is -1.24. The summed E-state index contributed by atoms with van der Waals surface area (Å²) in [6, 6.07) is 0. The van der Waals surface area contributed by atoms with Crippen LogP contribution in [0.5, 0.6) is 0 Å². The van der Waals surface area contributed by atoms with E-state index in [-0.39, 0.29) is 10.7 Å². The number of aromatic nitrogens is 2. The zero-order valence-corrected chi connectivity index (χ0v) is 15.2. The Morgan fingerprint density at radius 3 is 2.33 bits per heavy atom. The number of hydrogen-bond donors (Lipinski definition) is 2. The average Bonchev–Trinajstić information content (AvgIpc) is 2.65. The van der Waals surface area contributed by atoms with Gasteiger partial charge in [-0.1, -0.05) is 17.8 Å². The lowest BCUT2D eigenvalue weighted by Gasteiger charge is -2.32. The minimum Gasteiger partial charge on any atom is -0.400 e. The standard InChI is InChI=1S/C15H21BN2O5S/c1-9(19)24-8-11(6-10-7-17-13(21)18-12(10)20)16-22-14(2,3)15(4,5)23-16/h6-7H,8H2,1-5H3,(H2,17,18,20,21). The summed E-state index contributed by atoms with van der Waals surface area (Å²) in [5.74, 6) is 0.324. The summed E-state index contributed by atoms with van der Waals surface area (Å²) in [7, 11) is -0.673. The fourth-order valence-electron chi connectivity index (χ4n) is 2.08. The van der Waals surface area contributed by atoms with Crippen molar-refractivity contribution in [2.24, 2.45) is 0 Å². The fraction of sp³-hybridized carbons (Fsp3) is 0.533. The van der Waals surface area contributed by atoms with Gasteiger partial charge in [0.05, 0.1) is 16.8 Å². The third kappa shape index (κ3) is 4.09. The van der Waals surface area contributed by atoms with Crippen molar-refractivity contribution >= 4 is 30.1 Å². The Kier molecular flexibility index (Phi) is 5.27. The molecular weight excluding hydrogens is 331 g/mol. The molecule has 0 saturated carbocycles. The smallest absolute Gasteiger partial charge is 0.400 e. The number of aromatic amines is 2. The molecule has 1 aliphatic rings. The molecule has 7 nitrogen and oxygen atoms in total. The highest BCUT2D eigenvalue weighted by atomic mass is 32.2. The molecule has 2 N–H and O–H groups in total. The first kappa shape index (κ1) is 18.8. The Labute approximate surface area is 144 Å². The highest BCUT2D eigenvalue weighted by molar-refractivity contribution is 8.13. The van der Waals surface area contributed by atoms with Crippen molar-refractivity contribution in [3.8, 4) is 0 Å². The third-order valence-electron chi connectivity index (χ3n) is 4.19. The topological polar surface area (TPSA) is 101 Å². The normalized spacial score (nSPS) is 19.5. The molecule has 1 aromatic heterocycles. The van der Waals surface area contributed by atoms with E-state index in [2.05, 4.69) is 9.97 Å². The van der Waals surface area contributed by atoms with E-state index in [1.807, 2.05) is 27.7 Å². The monoisotopic (exact) mass is 352 g/mol. The first-order chi connectivity index (χ1) is 11.0. The molecule has 0 aliphatic carbocycles. The van der Waals surface area contributed by atoms with Crippen LogP contribution in [-0.2, 0) is 14.1 Å². The van der Waals surface area contributed by atoms with Crippen molar-refractivity contribution < 1.29 is 14.1 Å². The van der Waals surface area contributed by atoms with Crippen molar-refractivity contribution in [1.82, 2.24) is 9.97 Å². The van der Waals surface area contributed by atoms with Crippen LogP contribution in [0, 0.1) is 0 Å². The summed E-state index contributed by atoms with van der Waals surface area (Å²) in [4.78, 5) is 39.0. The summed E-state index contributed by atoms with van der Waals surface area (Å²) in [6.07, 6.45) is 2.91. The predicted octanol–water partition coefficient (Wildman–Crippen LogP) is 1.36. The number of hydrogen-bond acceptors (Lipinski definition) is 6. The zero-order chi connectivity index (χ0) is 18.1. The van der Waals surface area contributed by atoms with E-state index in [1.54, 1.807) is 6.08 Å². The molecule has 2 rings (SSSR count). The summed E-state index contributed by atoms with van der Waals surface area (Å²) < 4.78 is 12.0. The van der Waals surface area contributed by atoms with Gasteiger partial charge in [-0.15, -0.1) is 0 Å². The molecule has 1 saturated heterocycles. The van der Waals surface area contributed by atoms with Gasteiger partial charge in [-0.2, -0.15) is 0 Å². The lowest BCUT2D eigenvalue weighted by Crippen LogP contribution is -2.41. The van der Waals surface area contributed by atoms with E-state index in [9.17, 15) is 14.4 Å². The van der Waals surface area contributed by atoms with Crippen LogP contribution in [0.15, 0.2) is 21.3 Å². The quantitative estimate of drug-likeness (QED) is 0.794. The highest BCUT2D eigenvalue weighted by Crippen LogP contribution is 2.39. The maximum absolute atomic E-state index is 11.9. The Morgan fingerprint density at radius 1 is 1.25 bits per heavy atom. The Morgan fingerprint density at radius 2 is 1.83 bits per heavy atom. The second kappa shape index (κ2) is 6.74. The minimum absolute atomic E-state index is 0.0483. The molecule has 0 bridgehead atoms. The highest BCUT2D eigenvalue weighted by Gasteiger charge is 2.52. The predicted molar refractivity (Wildman–Crippen MR) is 94.9 cm³/mol. The Hall–Kier alpha value is -1.58. The molecule has 1 aliphatic heterocycles. The molecule has 24 heavy (non-hydrogen) atoms. The number of H-pyrrole nitrogens is 2. The van der Waals surface area contributed by atoms with E-state index in [4.69, 9.17) is 9.31 Å². The van der Waals surface area contributed by atoms with Crippen LogP contribution in [0.25, 0.3) is 6.08 Å². The molecule has 2 heterocycles. The maximum Gasteiger partial charge on any atom is 0.491 e. The van der Waals surface area contributed by atoms with Crippen molar-refractivity contribution in [1.29, 1.82) is 0 Å². The summed E-state index contributed by atoms with van der Waals surface area (Å²) in [6.45, 7) is 9.18. The first-order valence-corrected chi connectivity index (χ1v) is 8.52. The molecule has 1 fully saturated rings. The second-order valence-corrected chi connectivity index (χ2v) is 7.77. The molecule has 1 aromatic rings. The molecule has 9 heteroatoms. The van der Waals surface area contributed by atoms with Crippen molar-refractivity contribution in [3.63, 3.8) is 0 Å². The summed E-state index contributed by atoms with van der Waals surface area (Å²) >= 11 is 1.10. The molecular formula is C15H21BN2O5S. The van der Waals surface area contributed by atoms with Crippen LogP contribution < -0.4 is 11.2 Å². The lowest BCUT2D eigenvalue weighted by atomic mass is 9.78. The van der Waals surface area contributed by atoms with E-state index in [0.29, 0.717) is 11.2 Å². The van der Waals surface area contributed by atoms with Gasteiger partial charge in [0.1, 0.15) is 0 Å². The van der Waals surface area contributed by atoms with Gasteiger partial charge in [0.2, 0.25) is 0 Å². The number of carbonyl (C=O) groups excluding carboxylic acids is 1. The minimum atomic E-state index is -0.673. The maximum atomic E-state index is 11.9. The van der Waals surface area contributed by atoms with Gasteiger partial charge in [-0.05, 0) is 33.2 Å². The average molecular weight is 352 g/mol. The number of nitrogens with one attached hydrogen (secondary N) is 2. The van der Waals surface area contributed by atoms with Gasteiger partial charge in [0.15, 0.2) is 5.12 Å². The molecule has 0 unspecified atom stereocenters. The lowest BCUT2D eigenvalue weighted by molar-refractivity contribution is -0.109. The first-order valence-electron chi connectivity index (χ1n) is 7.53. The van der Waals surface area contributed by atoms with Gasteiger partial charge in [0, 0.05) is 18.9 Å². The molecule has 0 atom stereocenters.